The van der Waals surface area contributed by atoms with Crippen LogP contribution < -0.4 is 0 Å². The van der Waals surface area contributed by atoms with Gasteiger partial charge < -0.3 is 5.11 Å². The lowest BCUT2D eigenvalue weighted by atomic mass is 10.2. The fourth-order valence-corrected chi connectivity index (χ4v) is 2.45. The Balaban J connectivity index is 2.62. The number of carbonyl (C=O) groups is 1. The lowest BCUT2D eigenvalue weighted by Crippen LogP contribution is -2.11. The maximum atomic E-state index is 12.7. The summed E-state index contributed by atoms with van der Waals surface area (Å²) >= 11 is 0.469. The molecule has 19 heavy (non-hydrogen) atoms. The summed E-state index contributed by atoms with van der Waals surface area (Å²) in [5.74, 6) is -1.65. The van der Waals surface area contributed by atoms with E-state index in [9.17, 15) is 18.0 Å². The molecule has 0 aliphatic rings. The van der Waals surface area contributed by atoms with Gasteiger partial charge in [0.1, 0.15) is 15.6 Å². The minimum Gasteiger partial charge on any atom is -0.477 e. The average molecular weight is 288 g/mol. The molecule has 2 heterocycles. The number of nitrogens with zero attached hydrogens (tertiary/aromatic N) is 2. The van der Waals surface area contributed by atoms with Crippen LogP contribution in [0.4, 0.5) is 13.2 Å². The fraction of sp³-hybridized carbons (Fsp3) is 0.182. The van der Waals surface area contributed by atoms with Crippen molar-refractivity contribution in [2.45, 2.75) is 13.1 Å². The fourth-order valence-electron chi connectivity index (χ4n) is 1.47. The van der Waals surface area contributed by atoms with Crippen molar-refractivity contribution >= 4 is 17.3 Å². The van der Waals surface area contributed by atoms with Crippen LogP contribution in [-0.4, -0.2) is 21.0 Å². The number of carboxylic acid groups (broad SMARTS) is 1. The maximum Gasteiger partial charge on any atom is 0.435 e. The van der Waals surface area contributed by atoms with Crippen LogP contribution in [0.15, 0.2) is 18.3 Å². The maximum absolute atomic E-state index is 12.7. The number of hydrogen-bond acceptors (Lipinski definition) is 4. The predicted octanol–water partition coefficient (Wildman–Crippen LogP) is 3.23. The Kier molecular flexibility index (Phi) is 3.27. The highest BCUT2D eigenvalue weighted by Gasteiger charge is 2.40. The summed E-state index contributed by atoms with van der Waals surface area (Å²) in [6, 6.07) is 3.30. The van der Waals surface area contributed by atoms with E-state index in [1.807, 2.05) is 0 Å². The number of aromatic nitrogens is 2. The van der Waals surface area contributed by atoms with Crippen LogP contribution >= 0.6 is 11.3 Å². The van der Waals surface area contributed by atoms with Crippen molar-refractivity contribution in [3.05, 3.63) is 34.5 Å². The van der Waals surface area contributed by atoms with Gasteiger partial charge in [0.2, 0.25) is 0 Å². The third-order valence-electron chi connectivity index (χ3n) is 2.30. The molecule has 4 nitrogen and oxygen atoms in total. The zero-order valence-corrected chi connectivity index (χ0v) is 10.3. The first-order valence-electron chi connectivity index (χ1n) is 5.04. The summed E-state index contributed by atoms with van der Waals surface area (Å²) < 4.78 is 38.1. The minimum absolute atomic E-state index is 0.0529. The smallest absolute Gasteiger partial charge is 0.435 e. The lowest BCUT2D eigenvalue weighted by molar-refractivity contribution is -0.141. The number of pyridine rings is 1. The highest BCUT2D eigenvalue weighted by molar-refractivity contribution is 7.17. The number of aryl methyl sites for hydroxylation is 1. The van der Waals surface area contributed by atoms with Gasteiger partial charge in [0, 0.05) is 6.20 Å². The SMILES string of the molecule is Cc1cccnc1-c1nc(C(F)(F)F)c(C(=O)O)s1. The summed E-state index contributed by atoms with van der Waals surface area (Å²) in [6.07, 6.45) is -3.39. The molecular formula is C11H7F3N2O2S. The Labute approximate surface area is 109 Å². The number of aromatic carboxylic acids is 1. The number of halogens is 3. The second kappa shape index (κ2) is 4.61. The molecule has 0 aromatic carbocycles. The average Bonchev–Trinajstić information content (AvgIpc) is 2.74. The number of carboxylic acids is 1. The molecule has 1 N–H and O–H groups in total. The molecule has 8 heteroatoms. The molecule has 0 atom stereocenters. The highest BCUT2D eigenvalue weighted by atomic mass is 32.1. The second-order valence-corrected chi connectivity index (χ2v) is 4.67. The van der Waals surface area contributed by atoms with Crippen molar-refractivity contribution in [3.8, 4) is 10.7 Å². The predicted molar refractivity (Wildman–Crippen MR) is 62.0 cm³/mol. The van der Waals surface area contributed by atoms with Crippen LogP contribution in [0.2, 0.25) is 0 Å². The van der Waals surface area contributed by atoms with E-state index in [4.69, 9.17) is 5.11 Å². The van der Waals surface area contributed by atoms with E-state index >= 15 is 0 Å². The molecule has 2 aromatic heterocycles. The molecule has 0 radical (unpaired) electrons. The van der Waals surface area contributed by atoms with Crippen LogP contribution in [0.1, 0.15) is 20.9 Å². The second-order valence-electron chi connectivity index (χ2n) is 3.67. The molecule has 0 bridgehead atoms. The van der Waals surface area contributed by atoms with Gasteiger partial charge in [-0.05, 0) is 18.6 Å². The van der Waals surface area contributed by atoms with Crippen molar-refractivity contribution in [2.24, 2.45) is 0 Å². The lowest BCUT2D eigenvalue weighted by Gasteiger charge is -2.02. The summed E-state index contributed by atoms with van der Waals surface area (Å²) in [5, 5.41) is 8.76. The van der Waals surface area contributed by atoms with Crippen molar-refractivity contribution < 1.29 is 23.1 Å². The van der Waals surface area contributed by atoms with Gasteiger partial charge in [-0.1, -0.05) is 6.07 Å². The van der Waals surface area contributed by atoms with Crippen LogP contribution in [0.25, 0.3) is 10.7 Å². The summed E-state index contributed by atoms with van der Waals surface area (Å²) in [7, 11) is 0. The highest BCUT2D eigenvalue weighted by Crippen LogP contribution is 2.37. The Morgan fingerprint density at radius 1 is 1.42 bits per heavy atom. The van der Waals surface area contributed by atoms with Gasteiger partial charge >= 0.3 is 12.1 Å². The topological polar surface area (TPSA) is 63.1 Å². The molecule has 0 saturated heterocycles. The molecule has 2 aromatic rings. The quantitative estimate of drug-likeness (QED) is 0.921. The molecule has 0 aliphatic heterocycles. The van der Waals surface area contributed by atoms with Gasteiger partial charge in [0.05, 0.1) is 0 Å². The van der Waals surface area contributed by atoms with E-state index in [1.165, 1.54) is 6.20 Å². The first-order chi connectivity index (χ1) is 8.80. The zero-order valence-electron chi connectivity index (χ0n) is 9.52. The summed E-state index contributed by atoms with van der Waals surface area (Å²) in [4.78, 5) is 17.3. The normalized spacial score (nSPS) is 11.6. The molecule has 0 unspecified atom stereocenters. The van der Waals surface area contributed by atoms with Crippen molar-refractivity contribution in [3.63, 3.8) is 0 Å². The van der Waals surface area contributed by atoms with E-state index < -0.39 is 22.7 Å². The van der Waals surface area contributed by atoms with E-state index in [1.54, 1.807) is 19.1 Å². The van der Waals surface area contributed by atoms with Crippen LogP contribution in [0.3, 0.4) is 0 Å². The molecule has 0 fully saturated rings. The first kappa shape index (κ1) is 13.5. The van der Waals surface area contributed by atoms with E-state index in [0.717, 1.165) is 0 Å². The van der Waals surface area contributed by atoms with Gasteiger partial charge in [-0.25, -0.2) is 9.78 Å². The third kappa shape index (κ3) is 2.58. The van der Waals surface area contributed by atoms with Crippen molar-refractivity contribution in [2.75, 3.05) is 0 Å². The molecule has 100 valence electrons. The van der Waals surface area contributed by atoms with Crippen LogP contribution in [-0.2, 0) is 6.18 Å². The molecule has 0 amide bonds. The molecule has 0 saturated carbocycles. The van der Waals surface area contributed by atoms with E-state index in [0.29, 0.717) is 16.9 Å². The van der Waals surface area contributed by atoms with Crippen molar-refractivity contribution in [1.82, 2.24) is 9.97 Å². The van der Waals surface area contributed by atoms with Gasteiger partial charge in [-0.15, -0.1) is 11.3 Å². The summed E-state index contributed by atoms with van der Waals surface area (Å²) in [6.45, 7) is 1.66. The van der Waals surface area contributed by atoms with E-state index in [2.05, 4.69) is 9.97 Å². The van der Waals surface area contributed by atoms with Crippen molar-refractivity contribution in [1.29, 1.82) is 0 Å². The molecule has 2 rings (SSSR count). The number of rotatable bonds is 2. The third-order valence-corrected chi connectivity index (χ3v) is 3.35. The Morgan fingerprint density at radius 3 is 2.58 bits per heavy atom. The van der Waals surface area contributed by atoms with Crippen LogP contribution in [0, 0.1) is 6.92 Å². The first-order valence-corrected chi connectivity index (χ1v) is 5.85. The molecular weight excluding hydrogens is 281 g/mol. The minimum atomic E-state index is -4.80. The summed E-state index contributed by atoms with van der Waals surface area (Å²) in [5.41, 5.74) is -0.502. The molecule has 0 aliphatic carbocycles. The zero-order chi connectivity index (χ0) is 14.2. The van der Waals surface area contributed by atoms with Gasteiger partial charge in [-0.2, -0.15) is 13.2 Å². The van der Waals surface area contributed by atoms with Crippen LogP contribution in [0.5, 0.6) is 0 Å². The monoisotopic (exact) mass is 288 g/mol. The van der Waals surface area contributed by atoms with Gasteiger partial charge in [0.15, 0.2) is 5.69 Å². The standard InChI is InChI=1S/C11H7F3N2O2S/c1-5-3-2-4-15-6(5)9-16-8(11(12,13)14)7(19-9)10(17)18/h2-4H,1H3,(H,17,18). The Bertz CT molecular complexity index is 637. The Hall–Kier alpha value is -1.96. The number of thiazole rings is 1. The van der Waals surface area contributed by atoms with E-state index in [-0.39, 0.29) is 10.7 Å². The largest absolute Gasteiger partial charge is 0.477 e. The molecule has 0 spiro atoms. The number of hydrogen-bond donors (Lipinski definition) is 1. The number of alkyl halides is 3. The Morgan fingerprint density at radius 2 is 2.11 bits per heavy atom. The van der Waals surface area contributed by atoms with Gasteiger partial charge in [-0.3, -0.25) is 4.98 Å². The van der Waals surface area contributed by atoms with Gasteiger partial charge in [0.25, 0.3) is 0 Å².